The SMILES string of the molecule is C=CCn1c(=S)[nH]c2cc(C(=O)Nc3ncn[nH]3)ccc2c1=O. The van der Waals surface area contributed by atoms with E-state index in [2.05, 4.69) is 32.1 Å². The number of H-pyrrole nitrogens is 2. The molecule has 3 rings (SSSR count). The molecule has 1 aromatic carbocycles. The van der Waals surface area contributed by atoms with Gasteiger partial charge in [-0.3, -0.25) is 19.5 Å². The summed E-state index contributed by atoms with van der Waals surface area (Å²) in [6, 6.07) is 4.71. The van der Waals surface area contributed by atoms with E-state index in [4.69, 9.17) is 12.2 Å². The lowest BCUT2D eigenvalue weighted by atomic mass is 10.1. The molecule has 0 bridgehead atoms. The molecule has 0 saturated carbocycles. The number of anilines is 1. The third-order valence-corrected chi connectivity index (χ3v) is 3.53. The molecule has 23 heavy (non-hydrogen) atoms. The smallest absolute Gasteiger partial charge is 0.262 e. The Morgan fingerprint density at radius 1 is 1.48 bits per heavy atom. The van der Waals surface area contributed by atoms with Crippen molar-refractivity contribution in [2.75, 3.05) is 5.32 Å². The highest BCUT2D eigenvalue weighted by Gasteiger charge is 2.11. The van der Waals surface area contributed by atoms with E-state index in [1.165, 1.54) is 10.9 Å². The molecule has 0 spiro atoms. The third kappa shape index (κ3) is 2.81. The number of benzene rings is 1. The van der Waals surface area contributed by atoms with Gasteiger partial charge in [-0.25, -0.2) is 5.10 Å². The van der Waals surface area contributed by atoms with Gasteiger partial charge in [-0.2, -0.15) is 10.1 Å². The molecule has 0 atom stereocenters. The number of nitrogens with one attached hydrogen (secondary N) is 3. The summed E-state index contributed by atoms with van der Waals surface area (Å²) in [4.78, 5) is 31.3. The van der Waals surface area contributed by atoms with Crippen LogP contribution < -0.4 is 10.9 Å². The van der Waals surface area contributed by atoms with E-state index in [9.17, 15) is 9.59 Å². The van der Waals surface area contributed by atoms with Gasteiger partial charge in [-0.1, -0.05) is 6.08 Å². The normalized spacial score (nSPS) is 10.6. The van der Waals surface area contributed by atoms with Crippen LogP contribution in [0.15, 0.2) is 42.0 Å². The first-order chi connectivity index (χ1) is 11.1. The summed E-state index contributed by atoms with van der Waals surface area (Å²) in [5, 5.41) is 9.18. The molecule has 2 aromatic heterocycles. The number of hydrogen-bond donors (Lipinski definition) is 3. The van der Waals surface area contributed by atoms with Crippen molar-refractivity contribution in [2.24, 2.45) is 0 Å². The zero-order valence-electron chi connectivity index (χ0n) is 11.9. The predicted octanol–water partition coefficient (Wildman–Crippen LogP) is 1.62. The number of carbonyl (C=O) groups is 1. The van der Waals surface area contributed by atoms with Crippen molar-refractivity contribution < 1.29 is 4.79 Å². The van der Waals surface area contributed by atoms with Crippen LogP contribution in [0.2, 0.25) is 0 Å². The maximum absolute atomic E-state index is 12.4. The first-order valence-corrected chi connectivity index (χ1v) is 7.05. The van der Waals surface area contributed by atoms with Crippen molar-refractivity contribution in [3.05, 3.63) is 57.9 Å². The van der Waals surface area contributed by atoms with Gasteiger partial charge >= 0.3 is 0 Å². The summed E-state index contributed by atoms with van der Waals surface area (Å²) in [6.45, 7) is 3.92. The molecule has 3 N–H and O–H groups in total. The Bertz CT molecular complexity index is 1000. The van der Waals surface area contributed by atoms with Gasteiger partial charge in [0.25, 0.3) is 11.5 Å². The Labute approximate surface area is 134 Å². The molecule has 0 saturated heterocycles. The first-order valence-electron chi connectivity index (χ1n) is 6.64. The van der Waals surface area contributed by atoms with E-state index in [0.717, 1.165) is 0 Å². The number of fused-ring (bicyclic) bond motifs is 1. The van der Waals surface area contributed by atoms with Crippen LogP contribution in [0.5, 0.6) is 0 Å². The van der Waals surface area contributed by atoms with Crippen LogP contribution in [0.4, 0.5) is 5.95 Å². The highest BCUT2D eigenvalue weighted by atomic mass is 32.1. The van der Waals surface area contributed by atoms with Crippen LogP contribution in [0, 0.1) is 4.77 Å². The number of carbonyl (C=O) groups excluding carboxylic acids is 1. The van der Waals surface area contributed by atoms with Crippen LogP contribution in [0.1, 0.15) is 10.4 Å². The zero-order chi connectivity index (χ0) is 16.4. The monoisotopic (exact) mass is 328 g/mol. The topological polar surface area (TPSA) is 108 Å². The lowest BCUT2D eigenvalue weighted by Crippen LogP contribution is -2.22. The first kappa shape index (κ1) is 14.9. The molecule has 0 fully saturated rings. The van der Waals surface area contributed by atoms with Crippen LogP contribution in [0.25, 0.3) is 10.9 Å². The van der Waals surface area contributed by atoms with E-state index >= 15 is 0 Å². The molecule has 0 aliphatic carbocycles. The van der Waals surface area contributed by atoms with Crippen LogP contribution >= 0.6 is 12.2 Å². The fourth-order valence-electron chi connectivity index (χ4n) is 2.14. The number of rotatable bonds is 4. The maximum atomic E-state index is 12.4. The van der Waals surface area contributed by atoms with Gasteiger partial charge in [-0.05, 0) is 30.4 Å². The van der Waals surface area contributed by atoms with Gasteiger partial charge in [0.2, 0.25) is 5.95 Å². The van der Waals surface area contributed by atoms with Gasteiger partial charge < -0.3 is 4.98 Å². The summed E-state index contributed by atoms with van der Waals surface area (Å²) in [5.41, 5.74) is 0.622. The molecular weight excluding hydrogens is 316 g/mol. The van der Waals surface area contributed by atoms with Gasteiger partial charge in [0.15, 0.2) is 4.77 Å². The lowest BCUT2D eigenvalue weighted by molar-refractivity contribution is 0.102. The van der Waals surface area contributed by atoms with Crippen molar-refractivity contribution in [3.8, 4) is 0 Å². The summed E-state index contributed by atoms with van der Waals surface area (Å²) >= 11 is 5.17. The number of amides is 1. The predicted molar refractivity (Wildman–Crippen MR) is 87.9 cm³/mol. The van der Waals surface area contributed by atoms with Crippen molar-refractivity contribution in [3.63, 3.8) is 0 Å². The molecule has 9 heteroatoms. The minimum absolute atomic E-state index is 0.231. The highest BCUT2D eigenvalue weighted by Crippen LogP contribution is 2.12. The Balaban J connectivity index is 2.04. The maximum Gasteiger partial charge on any atom is 0.262 e. The van der Waals surface area contributed by atoms with Gasteiger partial charge in [0, 0.05) is 12.1 Å². The number of aromatic amines is 2. The number of aromatic nitrogens is 5. The van der Waals surface area contributed by atoms with E-state index in [0.29, 0.717) is 23.0 Å². The lowest BCUT2D eigenvalue weighted by Gasteiger charge is -2.07. The Morgan fingerprint density at radius 2 is 2.30 bits per heavy atom. The van der Waals surface area contributed by atoms with Crippen molar-refractivity contribution in [1.82, 2.24) is 24.7 Å². The van der Waals surface area contributed by atoms with Crippen molar-refractivity contribution in [1.29, 1.82) is 0 Å². The van der Waals surface area contributed by atoms with E-state index in [1.807, 2.05) is 0 Å². The largest absolute Gasteiger partial charge is 0.332 e. The Hall–Kier alpha value is -3.07. The van der Waals surface area contributed by atoms with E-state index in [1.54, 1.807) is 24.3 Å². The fraction of sp³-hybridized carbons (Fsp3) is 0.0714. The highest BCUT2D eigenvalue weighted by molar-refractivity contribution is 7.71. The quantitative estimate of drug-likeness (QED) is 0.498. The van der Waals surface area contributed by atoms with E-state index in [-0.39, 0.29) is 22.2 Å². The minimum Gasteiger partial charge on any atom is -0.332 e. The van der Waals surface area contributed by atoms with Gasteiger partial charge in [0.1, 0.15) is 6.33 Å². The summed E-state index contributed by atoms with van der Waals surface area (Å²) < 4.78 is 1.68. The molecular formula is C14H12N6O2S. The second kappa shape index (κ2) is 5.97. The van der Waals surface area contributed by atoms with Crippen molar-refractivity contribution in [2.45, 2.75) is 6.54 Å². The van der Waals surface area contributed by atoms with Crippen LogP contribution in [-0.4, -0.2) is 30.6 Å². The number of hydrogen-bond acceptors (Lipinski definition) is 5. The molecule has 0 aliphatic heterocycles. The average molecular weight is 328 g/mol. The minimum atomic E-state index is -0.377. The van der Waals surface area contributed by atoms with Crippen LogP contribution in [-0.2, 0) is 6.54 Å². The van der Waals surface area contributed by atoms with Gasteiger partial charge in [0.05, 0.1) is 10.9 Å². The summed E-state index contributed by atoms with van der Waals surface area (Å²) in [7, 11) is 0. The standard InChI is InChI=1S/C14H12N6O2S/c1-2-5-20-12(22)9-4-3-8(6-10(9)17-14(20)23)11(21)18-13-15-7-16-19-13/h2-4,6-7H,1,5H2,(H,17,23)(H2,15,16,18,19,21). The molecule has 1 amide bonds. The number of allylic oxidation sites excluding steroid dienone is 1. The second-order valence-electron chi connectivity index (χ2n) is 4.68. The average Bonchev–Trinajstić information content (AvgIpc) is 3.03. The fourth-order valence-corrected chi connectivity index (χ4v) is 2.40. The molecule has 116 valence electrons. The molecule has 2 heterocycles. The zero-order valence-corrected chi connectivity index (χ0v) is 12.7. The number of nitrogens with zero attached hydrogens (tertiary/aromatic N) is 3. The van der Waals surface area contributed by atoms with Crippen molar-refractivity contribution >= 4 is 35.0 Å². The van der Waals surface area contributed by atoms with E-state index < -0.39 is 0 Å². The Morgan fingerprint density at radius 3 is 3.00 bits per heavy atom. The van der Waals surface area contributed by atoms with Crippen LogP contribution in [0.3, 0.4) is 0 Å². The molecule has 0 unspecified atom stereocenters. The molecule has 0 aliphatic rings. The van der Waals surface area contributed by atoms with Gasteiger partial charge in [-0.15, -0.1) is 6.58 Å². The summed E-state index contributed by atoms with van der Waals surface area (Å²) in [6.07, 6.45) is 2.88. The Kier molecular flexibility index (Phi) is 3.85. The second-order valence-corrected chi connectivity index (χ2v) is 5.07. The summed E-state index contributed by atoms with van der Waals surface area (Å²) in [5.74, 6) is -0.136. The molecule has 8 nitrogen and oxygen atoms in total. The molecule has 0 radical (unpaired) electrons. The molecule has 3 aromatic rings. The third-order valence-electron chi connectivity index (χ3n) is 3.20.